The van der Waals surface area contributed by atoms with Crippen LogP contribution >= 0.6 is 0 Å². The molecular formula is C22H29N5O5S. The van der Waals surface area contributed by atoms with Crippen LogP contribution in [0.3, 0.4) is 0 Å². The normalized spacial score (nSPS) is 18.7. The van der Waals surface area contributed by atoms with Crippen LogP contribution in [0.5, 0.6) is 0 Å². The Morgan fingerprint density at radius 1 is 1.15 bits per heavy atom. The Morgan fingerprint density at radius 3 is 2.58 bits per heavy atom. The number of Topliss-reactive ketones (excluding diaryl/α,β-unsaturated/α-hetero) is 1. The van der Waals surface area contributed by atoms with E-state index >= 15 is 0 Å². The van der Waals surface area contributed by atoms with Gasteiger partial charge in [-0.05, 0) is 37.0 Å². The first-order valence-corrected chi connectivity index (χ1v) is 12.4. The largest absolute Gasteiger partial charge is 0.349 e. The van der Waals surface area contributed by atoms with E-state index in [0.29, 0.717) is 25.2 Å². The Hall–Kier alpha value is -3.05. The van der Waals surface area contributed by atoms with Gasteiger partial charge in [-0.2, -0.15) is 9.82 Å². The molecule has 0 aliphatic carbocycles. The first-order chi connectivity index (χ1) is 15.7. The summed E-state index contributed by atoms with van der Waals surface area (Å²) in [5.74, 6) is -2.70. The fourth-order valence-corrected chi connectivity index (χ4v) is 4.86. The summed E-state index contributed by atoms with van der Waals surface area (Å²) < 4.78 is 29.7. The van der Waals surface area contributed by atoms with E-state index in [-0.39, 0.29) is 11.3 Å². The molecule has 0 saturated carbocycles. The average Bonchev–Trinajstić information content (AvgIpc) is 3.23. The second-order valence-corrected chi connectivity index (χ2v) is 10.0. The third-order valence-corrected chi connectivity index (χ3v) is 6.81. The summed E-state index contributed by atoms with van der Waals surface area (Å²) in [5.41, 5.74) is 0.549. The highest BCUT2D eigenvalue weighted by Crippen LogP contribution is 2.13. The van der Waals surface area contributed by atoms with Crippen molar-refractivity contribution in [2.75, 3.05) is 6.54 Å². The maximum atomic E-state index is 13.1. The van der Waals surface area contributed by atoms with Crippen LogP contribution in [-0.4, -0.2) is 54.4 Å². The number of carbonyl (C=O) groups excluding carboxylic acids is 3. The number of amides is 2. The van der Waals surface area contributed by atoms with Gasteiger partial charge in [-0.15, -0.1) is 0 Å². The topological polar surface area (TPSA) is 139 Å². The predicted octanol–water partition coefficient (Wildman–Crippen LogP) is 0.393. The lowest BCUT2D eigenvalue weighted by Gasteiger charge is -2.24. The third-order valence-electron chi connectivity index (χ3n) is 5.35. The van der Waals surface area contributed by atoms with Gasteiger partial charge >= 0.3 is 0 Å². The zero-order valence-corrected chi connectivity index (χ0v) is 19.5. The number of nitrogens with zero attached hydrogens (tertiary/aromatic N) is 2. The molecule has 2 heterocycles. The summed E-state index contributed by atoms with van der Waals surface area (Å²) >= 11 is 0. The Bertz CT molecular complexity index is 1100. The molecule has 11 heteroatoms. The standard InChI is InChI=1S/C22H29N5O5S/c1-15(2)19(26-33(31,32)17-8-4-3-5-9-17)21(29)24-18-14-16-10-13-27(25-16)12-7-6-11-23-22(30)20(18)28/h3-5,8-10,13,15,18-19,26H,6-7,11-12,14H2,1-2H3,(H,23,30)(H,24,29). The van der Waals surface area contributed by atoms with Gasteiger partial charge in [0.1, 0.15) is 12.1 Å². The highest BCUT2D eigenvalue weighted by atomic mass is 32.2. The lowest BCUT2D eigenvalue weighted by molar-refractivity contribution is -0.140. The zero-order chi connectivity index (χ0) is 24.0. The van der Waals surface area contributed by atoms with Gasteiger partial charge in [-0.3, -0.25) is 19.1 Å². The number of fused-ring (bicyclic) bond motifs is 2. The second kappa shape index (κ2) is 10.7. The number of aryl methyl sites for hydroxylation is 1. The summed E-state index contributed by atoms with van der Waals surface area (Å²) in [7, 11) is -3.97. The van der Waals surface area contributed by atoms with E-state index in [0.717, 1.165) is 6.42 Å². The Kier molecular flexibility index (Phi) is 7.98. The van der Waals surface area contributed by atoms with Crippen molar-refractivity contribution in [3.8, 4) is 0 Å². The van der Waals surface area contributed by atoms with Crippen molar-refractivity contribution >= 4 is 27.6 Å². The van der Waals surface area contributed by atoms with Crippen LogP contribution in [0, 0.1) is 5.92 Å². The molecule has 178 valence electrons. The van der Waals surface area contributed by atoms with Gasteiger partial charge in [-0.25, -0.2) is 8.42 Å². The summed E-state index contributed by atoms with van der Waals surface area (Å²) in [6.07, 6.45) is 3.29. The van der Waals surface area contributed by atoms with Gasteiger partial charge in [0.25, 0.3) is 5.91 Å². The number of hydrogen-bond acceptors (Lipinski definition) is 6. The van der Waals surface area contributed by atoms with E-state index < -0.39 is 45.6 Å². The molecule has 3 rings (SSSR count). The number of aromatic nitrogens is 2. The molecule has 1 aromatic heterocycles. The Balaban J connectivity index is 1.81. The van der Waals surface area contributed by atoms with Gasteiger partial charge in [0.05, 0.1) is 10.6 Å². The molecule has 1 aliphatic rings. The quantitative estimate of drug-likeness (QED) is 0.517. The van der Waals surface area contributed by atoms with Crippen molar-refractivity contribution in [2.45, 2.75) is 56.6 Å². The lowest BCUT2D eigenvalue weighted by atomic mass is 10.0. The minimum Gasteiger partial charge on any atom is -0.349 e. The highest BCUT2D eigenvalue weighted by molar-refractivity contribution is 7.89. The number of benzene rings is 1. The predicted molar refractivity (Wildman–Crippen MR) is 121 cm³/mol. The van der Waals surface area contributed by atoms with Crippen LogP contribution in [0.25, 0.3) is 0 Å². The second-order valence-electron chi connectivity index (χ2n) is 8.32. The fraction of sp³-hybridized carbons (Fsp3) is 0.455. The van der Waals surface area contributed by atoms with Crippen LogP contribution in [0.15, 0.2) is 47.5 Å². The summed E-state index contributed by atoms with van der Waals surface area (Å²) in [4.78, 5) is 38.3. The number of carbonyl (C=O) groups is 3. The summed E-state index contributed by atoms with van der Waals surface area (Å²) in [6, 6.07) is 7.12. The number of ketones is 1. The number of nitrogens with one attached hydrogen (secondary N) is 3. The lowest BCUT2D eigenvalue weighted by Crippen LogP contribution is -2.56. The number of hydrogen-bond donors (Lipinski definition) is 3. The monoisotopic (exact) mass is 475 g/mol. The van der Waals surface area contributed by atoms with Crippen molar-refractivity contribution in [1.29, 1.82) is 0 Å². The maximum Gasteiger partial charge on any atom is 0.289 e. The van der Waals surface area contributed by atoms with Gasteiger partial charge in [0.2, 0.25) is 21.7 Å². The number of rotatable bonds is 6. The van der Waals surface area contributed by atoms with Crippen molar-refractivity contribution in [3.63, 3.8) is 0 Å². The molecule has 1 aromatic carbocycles. The molecular weight excluding hydrogens is 446 g/mol. The number of sulfonamides is 1. The van der Waals surface area contributed by atoms with Crippen LogP contribution < -0.4 is 15.4 Å². The molecule has 2 amide bonds. The van der Waals surface area contributed by atoms with Crippen molar-refractivity contribution in [1.82, 2.24) is 25.1 Å². The average molecular weight is 476 g/mol. The fourth-order valence-electron chi connectivity index (χ4n) is 3.49. The van der Waals surface area contributed by atoms with E-state index in [1.807, 2.05) is 0 Å². The van der Waals surface area contributed by atoms with Gasteiger partial charge < -0.3 is 10.6 Å². The summed E-state index contributed by atoms with van der Waals surface area (Å²) in [5, 5.41) is 9.57. The maximum absolute atomic E-state index is 13.1. The molecule has 10 nitrogen and oxygen atoms in total. The first-order valence-electron chi connectivity index (χ1n) is 10.9. The molecule has 2 aromatic rings. The van der Waals surface area contributed by atoms with Gasteiger partial charge in [0, 0.05) is 25.7 Å². The SMILES string of the molecule is CC(C)C(NS(=O)(=O)c1ccccc1)C(=O)NC1Cc2ccn(n2)CCCCNC(=O)C1=O. The molecule has 3 N–H and O–H groups in total. The van der Waals surface area contributed by atoms with E-state index in [1.54, 1.807) is 49.0 Å². The Labute approximate surface area is 193 Å². The first kappa shape index (κ1) is 24.6. The van der Waals surface area contributed by atoms with Crippen LogP contribution in [-0.2, 0) is 37.4 Å². The molecule has 2 unspecified atom stereocenters. The molecule has 2 atom stereocenters. The van der Waals surface area contributed by atoms with Crippen molar-refractivity contribution < 1.29 is 22.8 Å². The summed E-state index contributed by atoms with van der Waals surface area (Å²) in [6.45, 7) is 4.40. The van der Waals surface area contributed by atoms with Crippen molar-refractivity contribution in [2.24, 2.45) is 5.92 Å². The Morgan fingerprint density at radius 2 is 1.88 bits per heavy atom. The van der Waals surface area contributed by atoms with E-state index in [4.69, 9.17) is 0 Å². The van der Waals surface area contributed by atoms with Gasteiger partial charge in [0.15, 0.2) is 0 Å². The van der Waals surface area contributed by atoms with Crippen molar-refractivity contribution in [3.05, 3.63) is 48.3 Å². The molecule has 0 radical (unpaired) electrons. The van der Waals surface area contributed by atoms with Crippen LogP contribution in [0.4, 0.5) is 0 Å². The molecule has 33 heavy (non-hydrogen) atoms. The zero-order valence-electron chi connectivity index (χ0n) is 18.7. The van der Waals surface area contributed by atoms with Gasteiger partial charge in [-0.1, -0.05) is 32.0 Å². The van der Waals surface area contributed by atoms with E-state index in [2.05, 4.69) is 20.5 Å². The minimum absolute atomic E-state index is 0.0151. The van der Waals surface area contributed by atoms with Crippen LogP contribution in [0.1, 0.15) is 32.4 Å². The minimum atomic E-state index is -3.97. The molecule has 2 bridgehead atoms. The molecule has 0 fully saturated rings. The highest BCUT2D eigenvalue weighted by Gasteiger charge is 2.33. The van der Waals surface area contributed by atoms with E-state index in [9.17, 15) is 22.8 Å². The molecule has 0 spiro atoms. The smallest absolute Gasteiger partial charge is 0.289 e. The molecule has 0 saturated heterocycles. The third kappa shape index (κ3) is 6.48. The van der Waals surface area contributed by atoms with E-state index in [1.165, 1.54) is 12.1 Å². The molecule has 1 aliphatic heterocycles. The van der Waals surface area contributed by atoms with Crippen LogP contribution in [0.2, 0.25) is 0 Å².